The van der Waals surface area contributed by atoms with Gasteiger partial charge in [-0.1, -0.05) is 88.9 Å². The molecule has 1 aromatic rings. The third-order valence-corrected chi connectivity index (χ3v) is 10.5. The van der Waals surface area contributed by atoms with E-state index in [0.29, 0.717) is 19.3 Å². The van der Waals surface area contributed by atoms with E-state index in [1.807, 2.05) is 58.0 Å². The fourth-order valence-electron chi connectivity index (χ4n) is 7.53. The smallest absolute Gasteiger partial charge is 0.251 e. The minimum absolute atomic E-state index is 0.0693. The van der Waals surface area contributed by atoms with Crippen LogP contribution in [0.3, 0.4) is 0 Å². The fraction of sp³-hybridized carbons (Fsp3) is 0.703. The van der Waals surface area contributed by atoms with E-state index in [2.05, 4.69) is 21.1 Å². The van der Waals surface area contributed by atoms with E-state index >= 15 is 0 Å². The summed E-state index contributed by atoms with van der Waals surface area (Å²) in [7, 11) is 1.47. The number of oxime groups is 1. The Morgan fingerprint density at radius 1 is 1.04 bits per heavy atom. The molecule has 0 bridgehead atoms. The van der Waals surface area contributed by atoms with Crippen LogP contribution in [-0.4, -0.2) is 89.8 Å². The molecule has 1 saturated heterocycles. The standard InChI is InChI=1S/C37H56N6O6/c1-6-13-26(30(48-5)34(46)39-25-18-19-25)40-32(44)28-21-37(20-27(42-49-37)23-14-9-7-10-15-23)22-43(28)35(47)31(36(2,3)4)41-33(45)29(38)24-16-11-8-12-17-24/h7,9-10,14-15,24-26,28-31H,6,8,11-13,16-22,38H2,1-5H3,(H,39,46)(H,40,44)(H,41,45)/t26-,28-,29-,30?,31+,37+/m0/s1. The summed E-state index contributed by atoms with van der Waals surface area (Å²) in [6, 6.07) is 6.63. The lowest BCUT2D eigenvalue weighted by Crippen LogP contribution is -2.61. The maximum Gasteiger partial charge on any atom is 0.251 e. The van der Waals surface area contributed by atoms with Crippen molar-refractivity contribution in [1.29, 1.82) is 0 Å². The highest BCUT2D eigenvalue weighted by Gasteiger charge is 2.56. The molecule has 1 aromatic carbocycles. The van der Waals surface area contributed by atoms with Crippen LogP contribution < -0.4 is 21.7 Å². The number of hydrogen-bond acceptors (Lipinski definition) is 8. The zero-order valence-corrected chi connectivity index (χ0v) is 29.8. The number of likely N-dealkylation sites (tertiary alicyclic amines) is 1. The van der Waals surface area contributed by atoms with Gasteiger partial charge in [0.25, 0.3) is 5.91 Å². The van der Waals surface area contributed by atoms with Crippen molar-refractivity contribution in [1.82, 2.24) is 20.9 Å². The van der Waals surface area contributed by atoms with Crippen LogP contribution in [-0.2, 0) is 28.8 Å². The molecule has 270 valence electrons. The van der Waals surface area contributed by atoms with E-state index in [1.165, 1.54) is 12.0 Å². The number of carbonyl (C=O) groups is 4. The Balaban J connectivity index is 1.40. The van der Waals surface area contributed by atoms with Gasteiger partial charge in [-0.05, 0) is 49.0 Å². The van der Waals surface area contributed by atoms with E-state index in [-0.39, 0.29) is 42.6 Å². The number of amides is 4. The van der Waals surface area contributed by atoms with Crippen LogP contribution in [0.1, 0.15) is 104 Å². The van der Waals surface area contributed by atoms with Gasteiger partial charge in [0.15, 0.2) is 11.7 Å². The summed E-state index contributed by atoms with van der Waals surface area (Å²) in [6.45, 7) is 7.77. The quantitative estimate of drug-likeness (QED) is 0.249. The molecule has 4 aliphatic rings. The molecular formula is C37H56N6O6. The van der Waals surface area contributed by atoms with Crippen LogP contribution in [0.4, 0.5) is 0 Å². The van der Waals surface area contributed by atoms with Crippen molar-refractivity contribution in [2.45, 2.75) is 140 Å². The van der Waals surface area contributed by atoms with Gasteiger partial charge in [0.2, 0.25) is 17.7 Å². The van der Waals surface area contributed by atoms with Crippen LogP contribution in [0.5, 0.6) is 0 Å². The number of nitrogens with zero attached hydrogens (tertiary/aromatic N) is 2. The summed E-state index contributed by atoms with van der Waals surface area (Å²) in [5.41, 5.74) is 6.51. The summed E-state index contributed by atoms with van der Waals surface area (Å²) >= 11 is 0. The number of hydrogen-bond donors (Lipinski definition) is 4. The van der Waals surface area contributed by atoms with Gasteiger partial charge in [-0.3, -0.25) is 19.2 Å². The lowest BCUT2D eigenvalue weighted by atomic mass is 9.82. The molecule has 2 aliphatic heterocycles. The molecule has 5 N–H and O–H groups in total. The Labute approximate surface area is 290 Å². The van der Waals surface area contributed by atoms with Crippen molar-refractivity contribution in [3.05, 3.63) is 35.9 Å². The lowest BCUT2D eigenvalue weighted by molar-refractivity contribution is -0.145. The molecule has 1 unspecified atom stereocenters. The predicted octanol–water partition coefficient (Wildman–Crippen LogP) is 3.17. The highest BCUT2D eigenvalue weighted by molar-refractivity contribution is 6.02. The minimum atomic E-state index is -0.946. The third-order valence-electron chi connectivity index (χ3n) is 10.5. The molecular weight excluding hydrogens is 624 g/mol. The molecule has 2 heterocycles. The molecule has 5 rings (SSSR count). The molecule has 3 fully saturated rings. The fourth-order valence-corrected chi connectivity index (χ4v) is 7.53. The Kier molecular flexibility index (Phi) is 11.7. The van der Waals surface area contributed by atoms with Gasteiger partial charge in [0, 0.05) is 26.0 Å². The Hall–Kier alpha value is -3.51. The van der Waals surface area contributed by atoms with Gasteiger partial charge in [0.1, 0.15) is 12.1 Å². The molecule has 12 nitrogen and oxygen atoms in total. The number of carbonyl (C=O) groups excluding carboxylic acids is 4. The number of nitrogens with two attached hydrogens (primary N) is 1. The normalized spacial score (nSPS) is 25.1. The van der Waals surface area contributed by atoms with Crippen molar-refractivity contribution in [2.75, 3.05) is 13.7 Å². The van der Waals surface area contributed by atoms with E-state index in [9.17, 15) is 19.2 Å². The first kappa shape index (κ1) is 36.8. The summed E-state index contributed by atoms with van der Waals surface area (Å²) < 4.78 is 5.64. The summed E-state index contributed by atoms with van der Waals surface area (Å²) in [5.74, 6) is -1.33. The average Bonchev–Trinajstić information content (AvgIpc) is 3.68. The number of benzene rings is 1. The molecule has 1 spiro atoms. The molecule has 0 radical (unpaired) electrons. The zero-order valence-electron chi connectivity index (χ0n) is 29.8. The van der Waals surface area contributed by atoms with Crippen molar-refractivity contribution >= 4 is 29.3 Å². The second-order valence-electron chi connectivity index (χ2n) is 15.6. The van der Waals surface area contributed by atoms with Crippen molar-refractivity contribution < 1.29 is 28.8 Å². The monoisotopic (exact) mass is 680 g/mol. The highest BCUT2D eigenvalue weighted by Crippen LogP contribution is 2.40. The van der Waals surface area contributed by atoms with Gasteiger partial charge < -0.3 is 36.2 Å². The highest BCUT2D eigenvalue weighted by atomic mass is 16.7. The van der Waals surface area contributed by atoms with Gasteiger partial charge in [-0.2, -0.15) is 0 Å². The SMILES string of the molecule is CCC[C@H](NC(=O)[C@@H]1C[C@]2(CC(c3ccccc3)=NO2)CN1C(=O)[C@@H](NC(=O)[C@@H](N)C1CCCCC1)C(C)(C)C)C(OC)C(=O)NC1CC1. The van der Waals surface area contributed by atoms with Crippen LogP contribution in [0, 0.1) is 11.3 Å². The maximum atomic E-state index is 14.7. The van der Waals surface area contributed by atoms with Gasteiger partial charge in [-0.15, -0.1) is 0 Å². The number of nitrogens with one attached hydrogen (secondary N) is 3. The molecule has 2 aliphatic carbocycles. The Morgan fingerprint density at radius 2 is 1.73 bits per heavy atom. The van der Waals surface area contributed by atoms with Crippen LogP contribution in [0.2, 0.25) is 0 Å². The Bertz CT molecular complexity index is 1370. The van der Waals surface area contributed by atoms with E-state index in [1.54, 1.807) is 0 Å². The maximum absolute atomic E-state index is 14.7. The molecule has 0 aromatic heterocycles. The van der Waals surface area contributed by atoms with Crippen LogP contribution in [0.15, 0.2) is 35.5 Å². The summed E-state index contributed by atoms with van der Waals surface area (Å²) in [4.78, 5) is 63.4. The number of rotatable bonds is 13. The largest absolute Gasteiger partial charge is 0.387 e. The van der Waals surface area contributed by atoms with Crippen molar-refractivity contribution in [3.63, 3.8) is 0 Å². The van der Waals surface area contributed by atoms with Crippen molar-refractivity contribution in [2.24, 2.45) is 22.2 Å². The van der Waals surface area contributed by atoms with Crippen LogP contribution >= 0.6 is 0 Å². The average molecular weight is 681 g/mol. The number of ether oxygens (including phenoxy) is 1. The minimum Gasteiger partial charge on any atom is -0.387 e. The molecule has 12 heteroatoms. The summed E-state index contributed by atoms with van der Waals surface area (Å²) in [5, 5.41) is 13.5. The summed E-state index contributed by atoms with van der Waals surface area (Å²) in [6.07, 6.45) is 7.79. The first-order chi connectivity index (χ1) is 23.4. The van der Waals surface area contributed by atoms with Crippen LogP contribution in [0.25, 0.3) is 0 Å². The third kappa shape index (κ3) is 8.81. The van der Waals surface area contributed by atoms with Gasteiger partial charge in [0.05, 0.1) is 24.3 Å². The Morgan fingerprint density at radius 3 is 2.35 bits per heavy atom. The first-order valence-electron chi connectivity index (χ1n) is 18.2. The second-order valence-corrected chi connectivity index (χ2v) is 15.6. The van der Waals surface area contributed by atoms with Crippen molar-refractivity contribution in [3.8, 4) is 0 Å². The number of methoxy groups -OCH3 is 1. The van der Waals surface area contributed by atoms with E-state index in [4.69, 9.17) is 15.3 Å². The second kappa shape index (κ2) is 15.6. The zero-order chi connectivity index (χ0) is 35.3. The molecule has 2 saturated carbocycles. The first-order valence-corrected chi connectivity index (χ1v) is 18.2. The topological polar surface area (TPSA) is 164 Å². The predicted molar refractivity (Wildman–Crippen MR) is 186 cm³/mol. The molecule has 6 atom stereocenters. The van der Waals surface area contributed by atoms with Gasteiger partial charge in [-0.25, -0.2) is 0 Å². The van der Waals surface area contributed by atoms with E-state index < -0.39 is 47.2 Å². The van der Waals surface area contributed by atoms with Gasteiger partial charge >= 0.3 is 0 Å². The lowest BCUT2D eigenvalue weighted by Gasteiger charge is -2.37. The molecule has 49 heavy (non-hydrogen) atoms. The molecule has 4 amide bonds. The van der Waals surface area contributed by atoms with E-state index in [0.717, 1.165) is 56.2 Å².